The fourth-order valence-electron chi connectivity index (χ4n) is 3.08. The fraction of sp³-hybridized carbons (Fsp3) is 0.105. The summed E-state index contributed by atoms with van der Waals surface area (Å²) in [4.78, 5) is 23.3. The lowest BCUT2D eigenvalue weighted by molar-refractivity contribution is 0.0747. The molecule has 0 unspecified atom stereocenters. The van der Waals surface area contributed by atoms with Crippen LogP contribution in [0, 0.1) is 0 Å². The predicted molar refractivity (Wildman–Crippen MR) is 94.1 cm³/mol. The molecule has 0 saturated carbocycles. The van der Waals surface area contributed by atoms with Crippen LogP contribution in [0.1, 0.15) is 27.2 Å². The van der Waals surface area contributed by atoms with E-state index in [1.807, 2.05) is 42.5 Å². The van der Waals surface area contributed by atoms with Crippen LogP contribution in [-0.4, -0.2) is 20.8 Å². The highest BCUT2D eigenvalue weighted by Gasteiger charge is 2.26. The summed E-state index contributed by atoms with van der Waals surface area (Å²) in [5.41, 5.74) is 10.1. The summed E-state index contributed by atoms with van der Waals surface area (Å²) in [6.45, 7) is 4.94. The van der Waals surface area contributed by atoms with Crippen LogP contribution >= 0.6 is 0 Å². The number of anilines is 1. The van der Waals surface area contributed by atoms with Gasteiger partial charge in [-0.1, -0.05) is 43.0 Å². The number of rotatable bonds is 2. The highest BCUT2D eigenvalue weighted by Crippen LogP contribution is 2.26. The van der Waals surface area contributed by atoms with Gasteiger partial charge in [0.05, 0.1) is 5.52 Å². The van der Waals surface area contributed by atoms with E-state index in [9.17, 15) is 4.79 Å². The van der Waals surface area contributed by atoms with Gasteiger partial charge >= 0.3 is 0 Å². The van der Waals surface area contributed by atoms with E-state index in [1.54, 1.807) is 11.0 Å². The molecule has 1 aliphatic rings. The van der Waals surface area contributed by atoms with Gasteiger partial charge in [0.15, 0.2) is 0 Å². The molecular formula is C19H16N4O. The zero-order valence-corrected chi connectivity index (χ0v) is 13.1. The van der Waals surface area contributed by atoms with Crippen LogP contribution in [-0.2, 0) is 13.1 Å². The largest absolute Gasteiger partial charge is 0.368 e. The second-order valence-corrected chi connectivity index (χ2v) is 5.84. The minimum atomic E-state index is -0.133. The summed E-state index contributed by atoms with van der Waals surface area (Å²) in [5.74, 6) is -0.0274. The molecule has 1 aliphatic heterocycles. The highest BCUT2D eigenvalue weighted by atomic mass is 16.2. The van der Waals surface area contributed by atoms with Crippen LogP contribution in [0.2, 0.25) is 0 Å². The molecule has 5 heteroatoms. The first-order valence-electron chi connectivity index (χ1n) is 7.71. The van der Waals surface area contributed by atoms with Crippen LogP contribution in [0.4, 0.5) is 5.95 Å². The first-order chi connectivity index (χ1) is 11.7. The Balaban J connectivity index is 1.79. The van der Waals surface area contributed by atoms with Gasteiger partial charge in [0, 0.05) is 18.5 Å². The number of carbonyl (C=O) groups excluding carboxylic acids is 1. The molecule has 2 aromatic carbocycles. The number of nitrogens with two attached hydrogens (primary N) is 1. The molecule has 0 spiro atoms. The number of amides is 1. The van der Waals surface area contributed by atoms with Gasteiger partial charge < -0.3 is 10.6 Å². The average Bonchev–Trinajstić information content (AvgIpc) is 3.04. The lowest BCUT2D eigenvalue weighted by Crippen LogP contribution is -2.27. The van der Waals surface area contributed by atoms with Crippen molar-refractivity contribution in [1.82, 2.24) is 14.9 Å². The SMILES string of the molecule is C=Cc1ccc2nc(N)nc(C(=O)N3Cc4ccccc4C3)c2c1. The standard InChI is InChI=1S/C19H16N4O/c1-2-12-7-8-16-15(9-12)17(22-19(20)21-16)18(24)23-10-13-5-3-4-6-14(13)11-23/h2-9H,1,10-11H2,(H2,20,21,22). The fourth-order valence-corrected chi connectivity index (χ4v) is 3.08. The zero-order valence-electron chi connectivity index (χ0n) is 13.1. The zero-order chi connectivity index (χ0) is 16.7. The third-order valence-corrected chi connectivity index (χ3v) is 4.30. The van der Waals surface area contributed by atoms with Gasteiger partial charge in [-0.05, 0) is 28.8 Å². The summed E-state index contributed by atoms with van der Waals surface area (Å²) >= 11 is 0. The number of aromatic nitrogens is 2. The number of hydrogen-bond donors (Lipinski definition) is 1. The predicted octanol–water partition coefficient (Wildman–Crippen LogP) is 3.01. The van der Waals surface area contributed by atoms with Gasteiger partial charge in [-0.15, -0.1) is 0 Å². The quantitative estimate of drug-likeness (QED) is 0.789. The van der Waals surface area contributed by atoms with Gasteiger partial charge in [0.2, 0.25) is 5.95 Å². The molecule has 0 saturated heterocycles. The van der Waals surface area contributed by atoms with Crippen molar-refractivity contribution >= 4 is 28.8 Å². The molecule has 0 fully saturated rings. The Kier molecular flexibility index (Phi) is 3.27. The molecule has 2 heterocycles. The van der Waals surface area contributed by atoms with Crippen LogP contribution in [0.25, 0.3) is 17.0 Å². The first-order valence-corrected chi connectivity index (χ1v) is 7.71. The Morgan fingerprint density at radius 3 is 2.50 bits per heavy atom. The van der Waals surface area contributed by atoms with Crippen molar-refractivity contribution in [2.24, 2.45) is 0 Å². The maximum Gasteiger partial charge on any atom is 0.273 e. The van der Waals surface area contributed by atoms with E-state index in [0.717, 1.165) is 5.56 Å². The molecule has 1 aromatic heterocycles. The number of nitrogens with zero attached hydrogens (tertiary/aromatic N) is 3. The monoisotopic (exact) mass is 316 g/mol. The van der Waals surface area contributed by atoms with Gasteiger partial charge in [0.25, 0.3) is 5.91 Å². The summed E-state index contributed by atoms with van der Waals surface area (Å²) in [6.07, 6.45) is 1.73. The molecule has 118 valence electrons. The smallest absolute Gasteiger partial charge is 0.273 e. The number of benzene rings is 2. The van der Waals surface area contributed by atoms with Crippen molar-refractivity contribution in [2.75, 3.05) is 5.73 Å². The van der Waals surface area contributed by atoms with Crippen molar-refractivity contribution in [3.8, 4) is 0 Å². The molecule has 0 radical (unpaired) electrons. The third-order valence-electron chi connectivity index (χ3n) is 4.30. The van der Waals surface area contributed by atoms with Crippen LogP contribution in [0.3, 0.4) is 0 Å². The molecule has 24 heavy (non-hydrogen) atoms. The maximum absolute atomic E-state index is 13.0. The lowest BCUT2D eigenvalue weighted by atomic mass is 10.1. The molecule has 5 nitrogen and oxygen atoms in total. The van der Waals surface area contributed by atoms with E-state index in [4.69, 9.17) is 5.73 Å². The number of carbonyl (C=O) groups is 1. The lowest BCUT2D eigenvalue weighted by Gasteiger charge is -2.16. The Morgan fingerprint density at radius 1 is 1.12 bits per heavy atom. The Hall–Kier alpha value is -3.21. The minimum Gasteiger partial charge on any atom is -0.368 e. The molecular weight excluding hydrogens is 300 g/mol. The summed E-state index contributed by atoms with van der Waals surface area (Å²) in [5, 5.41) is 0.697. The number of nitrogen functional groups attached to an aromatic ring is 1. The Morgan fingerprint density at radius 2 is 1.83 bits per heavy atom. The molecule has 2 N–H and O–H groups in total. The van der Waals surface area contributed by atoms with Gasteiger partial charge in [0.1, 0.15) is 5.69 Å². The van der Waals surface area contributed by atoms with Crippen molar-refractivity contribution in [2.45, 2.75) is 13.1 Å². The Bertz CT molecular complexity index is 955. The first kappa shape index (κ1) is 14.4. The molecule has 1 amide bonds. The molecule has 0 bridgehead atoms. The number of fused-ring (bicyclic) bond motifs is 2. The maximum atomic E-state index is 13.0. The van der Waals surface area contributed by atoms with Crippen molar-refractivity contribution in [3.63, 3.8) is 0 Å². The second kappa shape index (κ2) is 5.45. The van der Waals surface area contributed by atoms with Gasteiger partial charge in [-0.25, -0.2) is 9.97 Å². The highest BCUT2D eigenvalue weighted by molar-refractivity contribution is 6.05. The Labute approximate surface area is 139 Å². The van der Waals surface area contributed by atoms with Crippen molar-refractivity contribution in [3.05, 3.63) is 71.4 Å². The van der Waals surface area contributed by atoms with Crippen molar-refractivity contribution < 1.29 is 4.79 Å². The normalized spacial score (nSPS) is 13.1. The summed E-state index contributed by atoms with van der Waals surface area (Å²) in [6, 6.07) is 13.7. The second-order valence-electron chi connectivity index (χ2n) is 5.84. The van der Waals surface area contributed by atoms with E-state index >= 15 is 0 Å². The molecule has 4 rings (SSSR count). The van der Waals surface area contributed by atoms with E-state index in [0.29, 0.717) is 29.7 Å². The van der Waals surface area contributed by atoms with Gasteiger partial charge in [-0.2, -0.15) is 0 Å². The molecule has 0 atom stereocenters. The third kappa shape index (κ3) is 2.31. The molecule has 0 aliphatic carbocycles. The van der Waals surface area contributed by atoms with Crippen LogP contribution in [0.15, 0.2) is 49.0 Å². The van der Waals surface area contributed by atoms with Crippen LogP contribution < -0.4 is 5.73 Å². The van der Waals surface area contributed by atoms with Crippen LogP contribution in [0.5, 0.6) is 0 Å². The van der Waals surface area contributed by atoms with E-state index in [-0.39, 0.29) is 11.9 Å². The van der Waals surface area contributed by atoms with Crippen molar-refractivity contribution in [1.29, 1.82) is 0 Å². The average molecular weight is 316 g/mol. The molecule has 3 aromatic rings. The number of hydrogen-bond acceptors (Lipinski definition) is 4. The van der Waals surface area contributed by atoms with E-state index < -0.39 is 0 Å². The van der Waals surface area contributed by atoms with E-state index in [2.05, 4.69) is 16.5 Å². The van der Waals surface area contributed by atoms with Gasteiger partial charge in [-0.3, -0.25) is 4.79 Å². The topological polar surface area (TPSA) is 72.1 Å². The minimum absolute atomic E-state index is 0.105. The summed E-state index contributed by atoms with van der Waals surface area (Å²) in [7, 11) is 0. The van der Waals surface area contributed by atoms with E-state index in [1.165, 1.54) is 11.1 Å². The summed E-state index contributed by atoms with van der Waals surface area (Å²) < 4.78 is 0.